The number of rotatable bonds is 6. The Kier molecular flexibility index (Phi) is 6.94. The molecule has 160 valence electrons. The van der Waals surface area contributed by atoms with Crippen molar-refractivity contribution in [2.75, 3.05) is 31.6 Å². The van der Waals surface area contributed by atoms with Crippen molar-refractivity contribution >= 4 is 44.4 Å². The number of nitrogens with zero attached hydrogens (tertiary/aromatic N) is 2. The number of hydrogen-bond acceptors (Lipinski definition) is 5. The summed E-state index contributed by atoms with van der Waals surface area (Å²) in [5.74, 6) is 0.270. The van der Waals surface area contributed by atoms with E-state index in [0.29, 0.717) is 18.8 Å². The number of anilines is 1. The van der Waals surface area contributed by atoms with Crippen LogP contribution in [-0.4, -0.2) is 48.0 Å². The minimum atomic E-state index is -0.488. The van der Waals surface area contributed by atoms with Gasteiger partial charge in [0.25, 0.3) is 0 Å². The first-order chi connectivity index (χ1) is 15.1. The highest BCUT2D eigenvalue weighted by Gasteiger charge is 2.25. The molecule has 1 aromatic heterocycles. The van der Waals surface area contributed by atoms with Gasteiger partial charge in [0, 0.05) is 34.1 Å². The van der Waals surface area contributed by atoms with Crippen molar-refractivity contribution in [3.8, 4) is 0 Å². The van der Waals surface area contributed by atoms with Crippen LogP contribution < -0.4 is 5.32 Å². The fourth-order valence-corrected chi connectivity index (χ4v) is 4.15. The molecule has 6 nitrogen and oxygen atoms in total. The van der Waals surface area contributed by atoms with E-state index in [2.05, 4.69) is 31.1 Å². The summed E-state index contributed by atoms with van der Waals surface area (Å²) in [6, 6.07) is 17.0. The number of benzene rings is 2. The molecule has 0 saturated carbocycles. The molecule has 3 aromatic rings. The molecule has 0 spiro atoms. The maximum atomic E-state index is 12.7. The van der Waals surface area contributed by atoms with Crippen LogP contribution >= 0.6 is 15.9 Å². The Morgan fingerprint density at radius 2 is 1.81 bits per heavy atom. The van der Waals surface area contributed by atoms with E-state index in [1.54, 1.807) is 6.20 Å². The van der Waals surface area contributed by atoms with E-state index in [0.717, 1.165) is 46.9 Å². The molecule has 1 N–H and O–H groups in total. The van der Waals surface area contributed by atoms with Crippen molar-refractivity contribution in [2.45, 2.75) is 12.8 Å². The summed E-state index contributed by atoms with van der Waals surface area (Å²) in [6.07, 6.45) is 2.86. The van der Waals surface area contributed by atoms with Crippen molar-refractivity contribution in [3.63, 3.8) is 0 Å². The van der Waals surface area contributed by atoms with Gasteiger partial charge < -0.3 is 4.74 Å². The molecule has 0 radical (unpaired) electrons. The second kappa shape index (κ2) is 10.0. The molecule has 0 bridgehead atoms. The third-order valence-corrected chi connectivity index (χ3v) is 6.13. The Labute approximate surface area is 189 Å². The highest BCUT2D eigenvalue weighted by molar-refractivity contribution is 9.10. The van der Waals surface area contributed by atoms with E-state index in [9.17, 15) is 9.59 Å². The number of ketones is 1. The number of halogens is 1. The molecule has 0 atom stereocenters. The zero-order valence-corrected chi connectivity index (χ0v) is 18.7. The van der Waals surface area contributed by atoms with Crippen molar-refractivity contribution in [1.29, 1.82) is 0 Å². The first-order valence-corrected chi connectivity index (χ1v) is 11.2. The molecule has 0 unspecified atom stereocenters. The van der Waals surface area contributed by atoms with Crippen LogP contribution in [0.25, 0.3) is 10.9 Å². The summed E-state index contributed by atoms with van der Waals surface area (Å²) < 4.78 is 6.33. The Morgan fingerprint density at radius 1 is 1.06 bits per heavy atom. The smallest absolute Gasteiger partial charge is 0.411 e. The third kappa shape index (κ3) is 5.48. The molecule has 0 aliphatic carbocycles. The molecule has 1 aliphatic heterocycles. The quantitative estimate of drug-likeness (QED) is 0.493. The molecule has 2 aromatic carbocycles. The number of aromatic nitrogens is 1. The first kappa shape index (κ1) is 21.5. The van der Waals surface area contributed by atoms with E-state index >= 15 is 0 Å². The van der Waals surface area contributed by atoms with Crippen LogP contribution in [0.1, 0.15) is 23.2 Å². The molecule has 1 fully saturated rings. The van der Waals surface area contributed by atoms with Crippen LogP contribution in [-0.2, 0) is 4.74 Å². The number of Topliss-reactive ketones (excluding diaryl/α,β-unsaturated/α-hetero) is 1. The Morgan fingerprint density at radius 3 is 2.58 bits per heavy atom. The van der Waals surface area contributed by atoms with Crippen LogP contribution in [0.15, 0.2) is 65.3 Å². The molecular weight excluding hydrogens is 458 g/mol. The van der Waals surface area contributed by atoms with E-state index < -0.39 is 6.09 Å². The summed E-state index contributed by atoms with van der Waals surface area (Å²) in [6.45, 7) is 2.60. The number of hydrogen-bond donors (Lipinski definition) is 1. The summed E-state index contributed by atoms with van der Waals surface area (Å²) in [4.78, 5) is 31.4. The van der Waals surface area contributed by atoms with Gasteiger partial charge in [-0.1, -0.05) is 46.3 Å². The molecule has 1 aliphatic rings. The number of nitrogens with one attached hydrogen (secondary N) is 1. The van der Waals surface area contributed by atoms with Crippen LogP contribution in [0.4, 0.5) is 10.5 Å². The number of carbonyl (C=O) groups excluding carboxylic acids is 2. The van der Waals surface area contributed by atoms with E-state index in [1.807, 2.05) is 54.6 Å². The maximum absolute atomic E-state index is 12.7. The van der Waals surface area contributed by atoms with Gasteiger partial charge in [0.2, 0.25) is 0 Å². The fraction of sp³-hybridized carbons (Fsp3) is 0.292. The van der Waals surface area contributed by atoms with Gasteiger partial charge in [-0.15, -0.1) is 0 Å². The molecule has 2 heterocycles. The Hall–Kier alpha value is -2.77. The van der Waals surface area contributed by atoms with Crippen LogP contribution in [0.2, 0.25) is 0 Å². The topological polar surface area (TPSA) is 71.5 Å². The normalized spacial score (nSPS) is 15.0. The minimum absolute atomic E-state index is 0.0560. The Balaban J connectivity index is 1.21. The Bertz CT molecular complexity index is 1060. The van der Waals surface area contributed by atoms with Gasteiger partial charge >= 0.3 is 6.09 Å². The van der Waals surface area contributed by atoms with Gasteiger partial charge in [-0.3, -0.25) is 20.0 Å². The monoisotopic (exact) mass is 481 g/mol. The highest BCUT2D eigenvalue weighted by atomic mass is 79.9. The number of fused-ring (bicyclic) bond motifs is 1. The number of ether oxygens (including phenoxy) is 1. The lowest BCUT2D eigenvalue weighted by Gasteiger charge is -2.31. The predicted molar refractivity (Wildman–Crippen MR) is 124 cm³/mol. The average molecular weight is 482 g/mol. The maximum Gasteiger partial charge on any atom is 0.411 e. The first-order valence-electron chi connectivity index (χ1n) is 10.4. The molecule has 31 heavy (non-hydrogen) atoms. The van der Waals surface area contributed by atoms with Crippen molar-refractivity contribution in [3.05, 3.63) is 70.8 Å². The highest BCUT2D eigenvalue weighted by Crippen LogP contribution is 2.23. The van der Waals surface area contributed by atoms with Gasteiger partial charge in [0.05, 0.1) is 11.2 Å². The van der Waals surface area contributed by atoms with Crippen LogP contribution in [0, 0.1) is 5.92 Å². The molecule has 1 amide bonds. The number of pyridine rings is 1. The zero-order chi connectivity index (χ0) is 21.6. The molecular formula is C24H24BrN3O3. The van der Waals surface area contributed by atoms with E-state index in [4.69, 9.17) is 4.74 Å². The molecule has 1 saturated heterocycles. The second-order valence-corrected chi connectivity index (χ2v) is 8.54. The second-order valence-electron chi connectivity index (χ2n) is 7.63. The lowest BCUT2D eigenvalue weighted by atomic mass is 9.89. The number of carbonyl (C=O) groups is 2. The van der Waals surface area contributed by atoms with Crippen LogP contribution in [0.3, 0.4) is 0 Å². The summed E-state index contributed by atoms with van der Waals surface area (Å²) >= 11 is 3.40. The van der Waals surface area contributed by atoms with Gasteiger partial charge in [-0.25, -0.2) is 4.79 Å². The van der Waals surface area contributed by atoms with E-state index in [1.165, 1.54) is 0 Å². The van der Waals surface area contributed by atoms with E-state index in [-0.39, 0.29) is 11.7 Å². The van der Waals surface area contributed by atoms with Gasteiger partial charge in [-0.05, 0) is 50.2 Å². The van der Waals surface area contributed by atoms with Gasteiger partial charge in [0.15, 0.2) is 5.78 Å². The average Bonchev–Trinajstić information content (AvgIpc) is 2.80. The minimum Gasteiger partial charge on any atom is -0.448 e. The van der Waals surface area contributed by atoms with Gasteiger partial charge in [-0.2, -0.15) is 0 Å². The number of likely N-dealkylation sites (tertiary alicyclic amines) is 1. The molecule has 7 heteroatoms. The fourth-order valence-electron chi connectivity index (χ4n) is 3.89. The SMILES string of the molecule is O=C(Nc1cccc2cccnc12)OCCN1CCC(C(=O)c2ccc(Br)cc2)CC1. The number of amides is 1. The lowest BCUT2D eigenvalue weighted by Crippen LogP contribution is -2.38. The zero-order valence-electron chi connectivity index (χ0n) is 17.1. The van der Waals surface area contributed by atoms with Gasteiger partial charge in [0.1, 0.15) is 6.61 Å². The third-order valence-electron chi connectivity index (χ3n) is 5.60. The number of piperidine rings is 1. The standard InChI is InChI=1S/C24H24BrN3O3/c25-20-8-6-18(7-9-20)23(29)19-10-13-28(14-11-19)15-16-31-24(30)27-21-5-1-3-17-4-2-12-26-22(17)21/h1-9,12,19H,10-11,13-16H2,(H,27,30). The largest absolute Gasteiger partial charge is 0.448 e. The number of para-hydroxylation sites is 1. The summed E-state index contributed by atoms with van der Waals surface area (Å²) in [7, 11) is 0. The summed E-state index contributed by atoms with van der Waals surface area (Å²) in [5.41, 5.74) is 2.14. The van der Waals surface area contributed by atoms with Crippen molar-refractivity contribution in [2.24, 2.45) is 5.92 Å². The molecule has 4 rings (SSSR count). The predicted octanol–water partition coefficient (Wildman–Crippen LogP) is 5.14. The lowest BCUT2D eigenvalue weighted by molar-refractivity contribution is 0.0813. The van der Waals surface area contributed by atoms with Crippen molar-refractivity contribution in [1.82, 2.24) is 9.88 Å². The van der Waals surface area contributed by atoms with Crippen molar-refractivity contribution < 1.29 is 14.3 Å². The summed E-state index contributed by atoms with van der Waals surface area (Å²) in [5, 5.41) is 3.74. The van der Waals surface area contributed by atoms with Crippen LogP contribution in [0.5, 0.6) is 0 Å².